The monoisotopic (exact) mass is 242 g/mol. The summed E-state index contributed by atoms with van der Waals surface area (Å²) < 4.78 is 16.5. The third kappa shape index (κ3) is 4.93. The molecule has 16 heavy (non-hydrogen) atoms. The van der Waals surface area contributed by atoms with Gasteiger partial charge in [-0.3, -0.25) is 9.00 Å². The summed E-state index contributed by atoms with van der Waals surface area (Å²) in [7, 11) is -1.35. The Bertz CT molecular complexity index is 389. The van der Waals surface area contributed by atoms with Gasteiger partial charge in [0, 0.05) is 10.8 Å². The Balaban J connectivity index is 2.30. The Morgan fingerprint density at radius 1 is 1.50 bits per heavy atom. The van der Waals surface area contributed by atoms with Crippen molar-refractivity contribution in [2.45, 2.75) is 6.92 Å². The topological polar surface area (TPSA) is 63.6 Å². The fourth-order valence-corrected chi connectivity index (χ4v) is 1.86. The minimum absolute atomic E-state index is 0.236. The Morgan fingerprint density at radius 2 is 2.25 bits per heavy atom. The molecule has 5 heteroatoms. The number of carboxylic acids is 1. The quantitative estimate of drug-likeness (QED) is 0.814. The van der Waals surface area contributed by atoms with E-state index in [4.69, 9.17) is 9.84 Å². The first kappa shape index (κ1) is 12.7. The van der Waals surface area contributed by atoms with Gasteiger partial charge in [0.2, 0.25) is 0 Å². The zero-order valence-corrected chi connectivity index (χ0v) is 9.83. The molecular weight excluding hydrogens is 228 g/mol. The maximum absolute atomic E-state index is 11.2. The van der Waals surface area contributed by atoms with Crippen LogP contribution in [0, 0.1) is 6.92 Å². The lowest BCUT2D eigenvalue weighted by Gasteiger charge is -2.05. The second kappa shape index (κ2) is 6.27. The van der Waals surface area contributed by atoms with Crippen LogP contribution in [0.2, 0.25) is 0 Å². The molecule has 0 spiro atoms. The van der Waals surface area contributed by atoms with E-state index in [1.54, 1.807) is 0 Å². The lowest BCUT2D eigenvalue weighted by molar-refractivity contribution is -0.133. The highest BCUT2D eigenvalue weighted by atomic mass is 32.2. The highest BCUT2D eigenvalue weighted by Crippen LogP contribution is 2.11. The molecule has 1 rings (SSSR count). The maximum atomic E-state index is 11.2. The summed E-state index contributed by atoms with van der Waals surface area (Å²) in [5, 5.41) is 8.40. The van der Waals surface area contributed by atoms with Gasteiger partial charge in [-0.15, -0.1) is 0 Å². The van der Waals surface area contributed by atoms with Crippen molar-refractivity contribution < 1.29 is 18.8 Å². The first-order chi connectivity index (χ1) is 7.58. The van der Waals surface area contributed by atoms with E-state index in [0.29, 0.717) is 5.75 Å². The van der Waals surface area contributed by atoms with Crippen LogP contribution < -0.4 is 4.74 Å². The van der Waals surface area contributed by atoms with Crippen LogP contribution in [0.1, 0.15) is 5.56 Å². The minimum Gasteiger partial charge on any atom is -0.493 e. The van der Waals surface area contributed by atoms with Crippen molar-refractivity contribution in [3.63, 3.8) is 0 Å². The van der Waals surface area contributed by atoms with E-state index >= 15 is 0 Å². The predicted octanol–water partition coefficient (Wildman–Crippen LogP) is 1.21. The van der Waals surface area contributed by atoms with Crippen molar-refractivity contribution in [1.29, 1.82) is 0 Å². The molecular formula is C11H14O4S. The second-order valence-electron chi connectivity index (χ2n) is 3.35. The van der Waals surface area contributed by atoms with E-state index in [1.807, 2.05) is 31.2 Å². The number of hydrogen-bond donors (Lipinski definition) is 1. The second-order valence-corrected chi connectivity index (χ2v) is 4.92. The van der Waals surface area contributed by atoms with Gasteiger partial charge in [0.15, 0.2) is 0 Å². The fourth-order valence-electron chi connectivity index (χ4n) is 1.17. The van der Waals surface area contributed by atoms with Crippen LogP contribution in [0.4, 0.5) is 0 Å². The van der Waals surface area contributed by atoms with Gasteiger partial charge in [0.05, 0.1) is 12.4 Å². The number of aryl methyl sites for hydroxylation is 1. The molecule has 0 bridgehead atoms. The van der Waals surface area contributed by atoms with Crippen LogP contribution in [-0.2, 0) is 15.6 Å². The summed E-state index contributed by atoms with van der Waals surface area (Å²) in [5.74, 6) is -0.418. The van der Waals surface area contributed by atoms with Crippen LogP contribution in [0.5, 0.6) is 5.75 Å². The third-order valence-electron chi connectivity index (χ3n) is 1.85. The highest BCUT2D eigenvalue weighted by Gasteiger charge is 2.05. The van der Waals surface area contributed by atoms with E-state index in [1.165, 1.54) is 0 Å². The first-order valence-electron chi connectivity index (χ1n) is 4.84. The van der Waals surface area contributed by atoms with Crippen molar-refractivity contribution >= 4 is 16.8 Å². The molecule has 1 aromatic rings. The molecule has 0 saturated heterocycles. The average molecular weight is 242 g/mol. The highest BCUT2D eigenvalue weighted by molar-refractivity contribution is 7.85. The molecule has 0 aliphatic carbocycles. The Hall–Kier alpha value is -1.36. The van der Waals surface area contributed by atoms with Gasteiger partial charge in [-0.1, -0.05) is 12.1 Å². The molecule has 0 aliphatic rings. The molecule has 0 fully saturated rings. The lowest BCUT2D eigenvalue weighted by Crippen LogP contribution is -2.16. The van der Waals surface area contributed by atoms with Gasteiger partial charge in [-0.05, 0) is 24.6 Å². The minimum atomic E-state index is -1.35. The molecule has 0 aromatic heterocycles. The van der Waals surface area contributed by atoms with Crippen molar-refractivity contribution in [1.82, 2.24) is 0 Å². The van der Waals surface area contributed by atoms with Crippen LogP contribution in [0.15, 0.2) is 24.3 Å². The predicted molar refractivity (Wildman–Crippen MR) is 62.2 cm³/mol. The molecule has 0 radical (unpaired) electrons. The van der Waals surface area contributed by atoms with Gasteiger partial charge in [-0.2, -0.15) is 0 Å². The van der Waals surface area contributed by atoms with Crippen molar-refractivity contribution in [3.8, 4) is 5.75 Å². The first-order valence-corrected chi connectivity index (χ1v) is 6.33. The SMILES string of the molecule is Cc1cccc(OCCS(=O)CC(=O)O)c1. The largest absolute Gasteiger partial charge is 0.493 e. The van der Waals surface area contributed by atoms with E-state index in [9.17, 15) is 9.00 Å². The summed E-state index contributed by atoms with van der Waals surface area (Å²) in [6.45, 7) is 2.22. The van der Waals surface area contributed by atoms with E-state index in [-0.39, 0.29) is 18.1 Å². The van der Waals surface area contributed by atoms with Gasteiger partial charge < -0.3 is 9.84 Å². The molecule has 0 aliphatic heterocycles. The lowest BCUT2D eigenvalue weighted by atomic mass is 10.2. The van der Waals surface area contributed by atoms with E-state index < -0.39 is 16.8 Å². The van der Waals surface area contributed by atoms with Gasteiger partial charge >= 0.3 is 5.97 Å². The van der Waals surface area contributed by atoms with Crippen LogP contribution in [-0.4, -0.2) is 33.4 Å². The van der Waals surface area contributed by atoms with Crippen molar-refractivity contribution in [2.24, 2.45) is 0 Å². The van der Waals surface area contributed by atoms with Gasteiger partial charge in [-0.25, -0.2) is 0 Å². The zero-order valence-electron chi connectivity index (χ0n) is 9.01. The molecule has 1 unspecified atom stereocenters. The van der Waals surface area contributed by atoms with Gasteiger partial charge in [0.25, 0.3) is 0 Å². The summed E-state index contributed by atoms with van der Waals surface area (Å²) in [6.07, 6.45) is 0. The maximum Gasteiger partial charge on any atom is 0.316 e. The number of carboxylic acid groups (broad SMARTS) is 1. The summed E-state index contributed by atoms with van der Waals surface area (Å²) in [5.41, 5.74) is 1.09. The molecule has 4 nitrogen and oxygen atoms in total. The van der Waals surface area contributed by atoms with E-state index in [0.717, 1.165) is 5.56 Å². The van der Waals surface area contributed by atoms with Crippen LogP contribution >= 0.6 is 0 Å². The number of benzene rings is 1. The standard InChI is InChI=1S/C11H14O4S/c1-9-3-2-4-10(7-9)15-5-6-16(14)8-11(12)13/h2-4,7H,5-6,8H2,1H3,(H,12,13). The van der Waals surface area contributed by atoms with E-state index in [2.05, 4.69) is 0 Å². The summed E-state index contributed by atoms with van der Waals surface area (Å²) >= 11 is 0. The normalized spacial score (nSPS) is 12.1. The number of aliphatic carboxylic acids is 1. The summed E-state index contributed by atoms with van der Waals surface area (Å²) in [6, 6.07) is 7.52. The number of rotatable bonds is 6. The van der Waals surface area contributed by atoms with Crippen LogP contribution in [0.3, 0.4) is 0 Å². The third-order valence-corrected chi connectivity index (χ3v) is 3.04. The average Bonchev–Trinajstić information content (AvgIpc) is 2.16. The molecule has 0 amide bonds. The molecule has 0 heterocycles. The number of carbonyl (C=O) groups is 1. The van der Waals surface area contributed by atoms with Crippen LogP contribution in [0.25, 0.3) is 0 Å². The smallest absolute Gasteiger partial charge is 0.316 e. The van der Waals surface area contributed by atoms with Crippen molar-refractivity contribution in [3.05, 3.63) is 29.8 Å². The molecule has 0 saturated carbocycles. The number of hydrogen-bond acceptors (Lipinski definition) is 3. The number of ether oxygens (including phenoxy) is 1. The fraction of sp³-hybridized carbons (Fsp3) is 0.364. The summed E-state index contributed by atoms with van der Waals surface area (Å²) in [4.78, 5) is 10.3. The Morgan fingerprint density at radius 3 is 2.88 bits per heavy atom. The molecule has 1 atom stereocenters. The zero-order chi connectivity index (χ0) is 12.0. The molecule has 1 aromatic carbocycles. The van der Waals surface area contributed by atoms with Crippen molar-refractivity contribution in [2.75, 3.05) is 18.1 Å². The van der Waals surface area contributed by atoms with Gasteiger partial charge in [0.1, 0.15) is 11.5 Å². The Kier molecular flexibility index (Phi) is 4.98. The molecule has 88 valence electrons. The molecule has 1 N–H and O–H groups in total. The Labute approximate surface area is 96.7 Å².